The molecule has 5 nitrogen and oxygen atoms in total. The molecule has 0 spiro atoms. The van der Waals surface area contributed by atoms with E-state index in [1.807, 2.05) is 0 Å². The highest BCUT2D eigenvalue weighted by atomic mass is 32.2. The third kappa shape index (κ3) is 3.43. The number of pyridine rings is 1. The van der Waals surface area contributed by atoms with E-state index in [2.05, 4.69) is 4.98 Å². The summed E-state index contributed by atoms with van der Waals surface area (Å²) < 4.78 is 24.9. The molecule has 1 amide bonds. The Hall–Kier alpha value is -1.43. The first-order valence-corrected chi connectivity index (χ1v) is 8.91. The summed E-state index contributed by atoms with van der Waals surface area (Å²) in [5.74, 6) is -0.340. The lowest BCUT2D eigenvalue weighted by Gasteiger charge is -2.32. The van der Waals surface area contributed by atoms with Crippen LogP contribution in [0, 0.1) is 0 Å². The van der Waals surface area contributed by atoms with E-state index in [4.69, 9.17) is 0 Å². The minimum Gasteiger partial charge on any atom is -0.342 e. The second-order valence-electron chi connectivity index (χ2n) is 5.60. The topological polar surface area (TPSA) is 67.3 Å². The Morgan fingerprint density at radius 2 is 1.95 bits per heavy atom. The average molecular weight is 310 g/mol. The zero-order valence-corrected chi connectivity index (χ0v) is 13.3. The Bertz CT molecular complexity index is 580. The van der Waals surface area contributed by atoms with Crippen LogP contribution in [0.5, 0.6) is 0 Å². The van der Waals surface area contributed by atoms with Crippen LogP contribution in [0.3, 0.4) is 0 Å². The summed E-state index contributed by atoms with van der Waals surface area (Å²) in [7, 11) is -2.01. The van der Waals surface area contributed by atoms with Gasteiger partial charge in [0.25, 0.3) is 0 Å². The number of aromatic nitrogens is 1. The fourth-order valence-electron chi connectivity index (χ4n) is 2.76. The fourth-order valence-corrected chi connectivity index (χ4v) is 4.03. The van der Waals surface area contributed by atoms with E-state index in [0.717, 1.165) is 25.7 Å². The van der Waals surface area contributed by atoms with Crippen molar-refractivity contribution >= 4 is 15.7 Å². The Labute approximate surface area is 126 Å². The summed E-state index contributed by atoms with van der Waals surface area (Å²) in [5.41, 5.74) is 0. The molecule has 6 heteroatoms. The van der Waals surface area contributed by atoms with Crippen molar-refractivity contribution < 1.29 is 13.2 Å². The normalized spacial score (nSPS) is 18.2. The molecule has 2 rings (SSSR count). The highest BCUT2D eigenvalue weighted by Crippen LogP contribution is 2.23. The van der Waals surface area contributed by atoms with Gasteiger partial charge < -0.3 is 4.90 Å². The molecule has 1 aromatic heterocycles. The standard InChI is InChI=1S/C15H22N2O3S/c1-12(21(19,20)14-10-6-7-11-16-14)15(18)17(2)13-8-4-3-5-9-13/h6-7,10-13H,3-5,8-9H2,1-2H3. The molecule has 0 radical (unpaired) electrons. The molecular weight excluding hydrogens is 288 g/mol. The maximum Gasteiger partial charge on any atom is 0.241 e. The predicted octanol–water partition coefficient (Wildman–Crippen LogP) is 2.03. The molecule has 1 heterocycles. The number of carbonyl (C=O) groups is 1. The van der Waals surface area contributed by atoms with E-state index in [1.165, 1.54) is 25.6 Å². The molecule has 1 aliphatic rings. The molecule has 1 aliphatic carbocycles. The van der Waals surface area contributed by atoms with Crippen molar-refractivity contribution in [3.8, 4) is 0 Å². The highest BCUT2D eigenvalue weighted by Gasteiger charge is 2.35. The van der Waals surface area contributed by atoms with Crippen molar-refractivity contribution in [3.63, 3.8) is 0 Å². The van der Waals surface area contributed by atoms with Gasteiger partial charge in [0.1, 0.15) is 5.25 Å². The van der Waals surface area contributed by atoms with Crippen molar-refractivity contribution in [2.24, 2.45) is 0 Å². The van der Waals surface area contributed by atoms with Gasteiger partial charge in [-0.05, 0) is 31.9 Å². The van der Waals surface area contributed by atoms with Crippen LogP contribution in [0.4, 0.5) is 0 Å². The average Bonchev–Trinajstić information content (AvgIpc) is 2.54. The zero-order chi connectivity index (χ0) is 15.5. The predicted molar refractivity (Wildman–Crippen MR) is 80.5 cm³/mol. The highest BCUT2D eigenvalue weighted by molar-refractivity contribution is 7.92. The summed E-state index contributed by atoms with van der Waals surface area (Å²) in [4.78, 5) is 18.0. The van der Waals surface area contributed by atoms with Crippen LogP contribution < -0.4 is 0 Å². The van der Waals surface area contributed by atoms with Crippen LogP contribution in [0.15, 0.2) is 29.4 Å². The monoisotopic (exact) mass is 310 g/mol. The summed E-state index contributed by atoms with van der Waals surface area (Å²) in [6.07, 6.45) is 6.74. The van der Waals surface area contributed by atoms with E-state index in [9.17, 15) is 13.2 Å². The number of sulfone groups is 1. The first-order chi connectivity index (χ1) is 9.94. The molecular formula is C15H22N2O3S. The van der Waals surface area contributed by atoms with Crippen molar-refractivity contribution in [2.75, 3.05) is 7.05 Å². The number of amides is 1. The molecule has 0 aliphatic heterocycles. The molecule has 21 heavy (non-hydrogen) atoms. The molecule has 0 bridgehead atoms. The largest absolute Gasteiger partial charge is 0.342 e. The summed E-state index contributed by atoms with van der Waals surface area (Å²) in [6, 6.07) is 4.86. The number of carbonyl (C=O) groups excluding carboxylic acids is 1. The van der Waals surface area contributed by atoms with Gasteiger partial charge in [-0.1, -0.05) is 25.3 Å². The summed E-state index contributed by atoms with van der Waals surface area (Å²) in [5, 5.41) is -1.14. The van der Waals surface area contributed by atoms with Crippen molar-refractivity contribution in [1.82, 2.24) is 9.88 Å². The molecule has 1 aromatic rings. The van der Waals surface area contributed by atoms with Crippen LogP contribution in [-0.2, 0) is 14.6 Å². The number of hydrogen-bond donors (Lipinski definition) is 0. The molecule has 116 valence electrons. The first-order valence-electron chi connectivity index (χ1n) is 7.36. The zero-order valence-electron chi connectivity index (χ0n) is 12.5. The quantitative estimate of drug-likeness (QED) is 0.853. The Morgan fingerprint density at radius 3 is 2.52 bits per heavy atom. The number of rotatable bonds is 4. The van der Waals surface area contributed by atoms with Gasteiger partial charge in [-0.3, -0.25) is 4.79 Å². The lowest BCUT2D eigenvalue weighted by atomic mass is 9.94. The van der Waals surface area contributed by atoms with E-state index >= 15 is 0 Å². The van der Waals surface area contributed by atoms with Gasteiger partial charge in [-0.2, -0.15) is 0 Å². The van der Waals surface area contributed by atoms with Gasteiger partial charge in [0.05, 0.1) is 0 Å². The Kier molecular flexibility index (Phi) is 4.98. The first kappa shape index (κ1) is 15.9. The van der Waals surface area contributed by atoms with Crippen molar-refractivity contribution in [3.05, 3.63) is 24.4 Å². The Balaban J connectivity index is 2.15. The van der Waals surface area contributed by atoms with E-state index in [1.54, 1.807) is 24.1 Å². The van der Waals surface area contributed by atoms with Gasteiger partial charge >= 0.3 is 0 Å². The lowest BCUT2D eigenvalue weighted by Crippen LogP contribution is -2.45. The van der Waals surface area contributed by atoms with Crippen molar-refractivity contribution in [1.29, 1.82) is 0 Å². The third-order valence-electron chi connectivity index (χ3n) is 4.21. The SMILES string of the molecule is CC(C(=O)N(C)C1CCCCC1)S(=O)(=O)c1ccccn1. The van der Waals surface area contributed by atoms with E-state index in [0.29, 0.717) is 0 Å². The van der Waals surface area contributed by atoms with Crippen LogP contribution in [0.1, 0.15) is 39.0 Å². The van der Waals surface area contributed by atoms with Crippen LogP contribution in [-0.4, -0.2) is 42.5 Å². The summed E-state index contributed by atoms with van der Waals surface area (Å²) in [6.45, 7) is 1.45. The fraction of sp³-hybridized carbons (Fsp3) is 0.600. The van der Waals surface area contributed by atoms with Crippen molar-refractivity contribution in [2.45, 2.75) is 55.3 Å². The van der Waals surface area contributed by atoms with Crippen LogP contribution in [0.2, 0.25) is 0 Å². The molecule has 1 unspecified atom stereocenters. The Morgan fingerprint density at radius 1 is 1.29 bits per heavy atom. The minimum atomic E-state index is -3.72. The number of hydrogen-bond acceptors (Lipinski definition) is 4. The lowest BCUT2D eigenvalue weighted by molar-refractivity contribution is -0.131. The summed E-state index contributed by atoms with van der Waals surface area (Å²) >= 11 is 0. The molecule has 1 saturated carbocycles. The molecule has 0 saturated heterocycles. The van der Waals surface area contributed by atoms with Gasteiger partial charge in [0.2, 0.25) is 15.7 Å². The minimum absolute atomic E-state index is 0.0390. The molecule has 0 aromatic carbocycles. The van der Waals surface area contributed by atoms with Gasteiger partial charge in [-0.25, -0.2) is 13.4 Å². The molecule has 0 N–H and O–H groups in total. The van der Waals surface area contributed by atoms with E-state index in [-0.39, 0.29) is 17.0 Å². The van der Waals surface area contributed by atoms with E-state index < -0.39 is 15.1 Å². The maximum atomic E-state index is 12.5. The van der Waals surface area contributed by atoms with Gasteiger partial charge in [-0.15, -0.1) is 0 Å². The second-order valence-corrected chi connectivity index (χ2v) is 7.81. The van der Waals surface area contributed by atoms with Crippen LogP contribution in [0.25, 0.3) is 0 Å². The third-order valence-corrected chi connectivity index (χ3v) is 6.17. The van der Waals surface area contributed by atoms with Gasteiger partial charge in [0.15, 0.2) is 5.03 Å². The molecule has 1 atom stereocenters. The second kappa shape index (κ2) is 6.56. The number of nitrogens with zero attached hydrogens (tertiary/aromatic N) is 2. The smallest absolute Gasteiger partial charge is 0.241 e. The van der Waals surface area contributed by atoms with Crippen LogP contribution >= 0.6 is 0 Å². The maximum absolute atomic E-state index is 12.5. The molecule has 1 fully saturated rings. The van der Waals surface area contributed by atoms with Gasteiger partial charge in [0, 0.05) is 19.3 Å².